The topological polar surface area (TPSA) is 57.7 Å². The Kier molecular flexibility index (Phi) is 7.42. The first-order valence-electron chi connectivity index (χ1n) is 8.61. The van der Waals surface area contributed by atoms with Crippen molar-refractivity contribution in [2.24, 2.45) is 4.99 Å². The van der Waals surface area contributed by atoms with Gasteiger partial charge in [-0.1, -0.05) is 13.8 Å². The predicted octanol–water partition coefficient (Wildman–Crippen LogP) is 2.33. The zero-order chi connectivity index (χ0) is 17.2. The standard InChI is InChI=1S/C18H29N5O/c1-4-23(5-2)16(17-9-8-14-24-17)15-21-18(19-3)20-10-13-22-11-6-7-12-22/h6-9,11-12,14,16H,4-5,10,13,15H2,1-3H3,(H2,19,20,21). The summed E-state index contributed by atoms with van der Waals surface area (Å²) in [7, 11) is 1.80. The van der Waals surface area contributed by atoms with Gasteiger partial charge in [0.15, 0.2) is 5.96 Å². The molecular formula is C18H29N5O. The molecule has 1 atom stereocenters. The van der Waals surface area contributed by atoms with Gasteiger partial charge in [0.1, 0.15) is 5.76 Å². The van der Waals surface area contributed by atoms with Crippen LogP contribution in [0.1, 0.15) is 25.6 Å². The van der Waals surface area contributed by atoms with E-state index in [1.165, 1.54) is 0 Å². The van der Waals surface area contributed by atoms with Gasteiger partial charge in [-0.15, -0.1) is 0 Å². The lowest BCUT2D eigenvalue weighted by atomic mass is 10.2. The SMILES string of the molecule is CCN(CC)C(CNC(=NC)NCCn1cccc1)c1ccco1. The quantitative estimate of drug-likeness (QED) is 0.547. The molecule has 2 N–H and O–H groups in total. The molecule has 0 fully saturated rings. The van der Waals surface area contributed by atoms with Crippen LogP contribution >= 0.6 is 0 Å². The molecule has 0 saturated carbocycles. The number of hydrogen-bond acceptors (Lipinski definition) is 3. The molecule has 2 aromatic heterocycles. The molecule has 2 aromatic rings. The van der Waals surface area contributed by atoms with Crippen molar-refractivity contribution in [3.05, 3.63) is 48.7 Å². The number of aromatic nitrogens is 1. The average molecular weight is 331 g/mol. The number of guanidine groups is 1. The molecule has 132 valence electrons. The van der Waals surface area contributed by atoms with Crippen molar-refractivity contribution >= 4 is 5.96 Å². The molecule has 6 nitrogen and oxygen atoms in total. The molecule has 0 aromatic carbocycles. The van der Waals surface area contributed by atoms with Crippen molar-refractivity contribution < 1.29 is 4.42 Å². The van der Waals surface area contributed by atoms with E-state index in [1.807, 2.05) is 24.3 Å². The average Bonchev–Trinajstić information content (AvgIpc) is 3.30. The third-order valence-corrected chi connectivity index (χ3v) is 4.14. The third-order valence-electron chi connectivity index (χ3n) is 4.14. The maximum atomic E-state index is 5.63. The highest BCUT2D eigenvalue weighted by Crippen LogP contribution is 2.20. The number of nitrogens with one attached hydrogen (secondary N) is 2. The van der Waals surface area contributed by atoms with Gasteiger partial charge in [-0.2, -0.15) is 0 Å². The maximum Gasteiger partial charge on any atom is 0.191 e. The Balaban J connectivity index is 1.86. The van der Waals surface area contributed by atoms with Crippen LogP contribution in [0.15, 0.2) is 52.3 Å². The van der Waals surface area contributed by atoms with Crippen LogP contribution in [0.4, 0.5) is 0 Å². The lowest BCUT2D eigenvalue weighted by Gasteiger charge is -2.28. The van der Waals surface area contributed by atoms with Gasteiger partial charge in [0.05, 0.1) is 12.3 Å². The number of nitrogens with zero attached hydrogens (tertiary/aromatic N) is 3. The van der Waals surface area contributed by atoms with Crippen molar-refractivity contribution in [2.45, 2.75) is 26.4 Å². The summed E-state index contributed by atoms with van der Waals surface area (Å²) in [4.78, 5) is 6.68. The van der Waals surface area contributed by atoms with Crippen LogP contribution in [0.5, 0.6) is 0 Å². The van der Waals surface area contributed by atoms with Gasteiger partial charge in [-0.3, -0.25) is 9.89 Å². The minimum absolute atomic E-state index is 0.193. The van der Waals surface area contributed by atoms with Crippen LogP contribution in [0.3, 0.4) is 0 Å². The molecule has 0 amide bonds. The van der Waals surface area contributed by atoms with Crippen molar-refractivity contribution in [3.63, 3.8) is 0 Å². The van der Waals surface area contributed by atoms with E-state index in [0.717, 1.165) is 44.4 Å². The van der Waals surface area contributed by atoms with Crippen LogP contribution < -0.4 is 10.6 Å². The molecule has 1 unspecified atom stereocenters. The molecule has 0 spiro atoms. The summed E-state index contributed by atoms with van der Waals surface area (Å²) in [6.07, 6.45) is 5.85. The first-order valence-corrected chi connectivity index (χ1v) is 8.61. The molecule has 6 heteroatoms. The monoisotopic (exact) mass is 331 g/mol. The van der Waals surface area contributed by atoms with Crippen LogP contribution in [-0.2, 0) is 6.54 Å². The summed E-state index contributed by atoms with van der Waals surface area (Å²) in [5, 5.41) is 6.77. The Morgan fingerprint density at radius 1 is 1.21 bits per heavy atom. The fourth-order valence-corrected chi connectivity index (χ4v) is 2.79. The highest BCUT2D eigenvalue weighted by atomic mass is 16.3. The lowest BCUT2D eigenvalue weighted by molar-refractivity contribution is 0.193. The van der Waals surface area contributed by atoms with Gasteiger partial charge in [0.25, 0.3) is 0 Å². The van der Waals surface area contributed by atoms with E-state index in [0.29, 0.717) is 0 Å². The van der Waals surface area contributed by atoms with Gasteiger partial charge in [-0.05, 0) is 37.4 Å². The minimum Gasteiger partial charge on any atom is -0.468 e. The predicted molar refractivity (Wildman–Crippen MR) is 98.2 cm³/mol. The Labute approximate surface area is 144 Å². The van der Waals surface area contributed by atoms with Crippen LogP contribution in [0, 0.1) is 0 Å². The van der Waals surface area contributed by atoms with E-state index in [-0.39, 0.29) is 6.04 Å². The first kappa shape index (κ1) is 18.1. The number of rotatable bonds is 9. The summed E-state index contributed by atoms with van der Waals surface area (Å²) in [6, 6.07) is 8.23. The summed E-state index contributed by atoms with van der Waals surface area (Å²) >= 11 is 0. The molecule has 0 radical (unpaired) electrons. The van der Waals surface area contributed by atoms with Crippen molar-refractivity contribution in [3.8, 4) is 0 Å². The Morgan fingerprint density at radius 2 is 1.96 bits per heavy atom. The molecule has 2 rings (SSSR count). The molecule has 24 heavy (non-hydrogen) atoms. The van der Waals surface area contributed by atoms with Crippen molar-refractivity contribution in [2.75, 3.05) is 33.2 Å². The molecule has 2 heterocycles. The molecule has 0 saturated heterocycles. The van der Waals surface area contributed by atoms with Gasteiger partial charge >= 0.3 is 0 Å². The summed E-state index contributed by atoms with van der Waals surface area (Å²) in [5.74, 6) is 1.79. The van der Waals surface area contributed by atoms with E-state index in [1.54, 1.807) is 13.3 Å². The fourth-order valence-electron chi connectivity index (χ4n) is 2.79. The van der Waals surface area contributed by atoms with E-state index in [9.17, 15) is 0 Å². The number of likely N-dealkylation sites (N-methyl/N-ethyl adjacent to an activating group) is 1. The zero-order valence-corrected chi connectivity index (χ0v) is 14.9. The molecule has 0 aliphatic rings. The minimum atomic E-state index is 0.193. The molecular weight excluding hydrogens is 302 g/mol. The lowest BCUT2D eigenvalue weighted by Crippen LogP contribution is -2.43. The second kappa shape index (κ2) is 9.82. The van der Waals surface area contributed by atoms with E-state index < -0.39 is 0 Å². The summed E-state index contributed by atoms with van der Waals surface area (Å²) < 4.78 is 7.77. The summed E-state index contributed by atoms with van der Waals surface area (Å²) in [6.45, 7) is 8.77. The van der Waals surface area contributed by atoms with Crippen LogP contribution in [0.2, 0.25) is 0 Å². The Bertz CT molecular complexity index is 573. The maximum absolute atomic E-state index is 5.63. The normalized spacial score (nSPS) is 13.2. The van der Waals surface area contributed by atoms with Gasteiger partial charge < -0.3 is 19.6 Å². The number of aliphatic imine (C=N–C) groups is 1. The molecule has 0 bridgehead atoms. The van der Waals surface area contributed by atoms with Crippen molar-refractivity contribution in [1.29, 1.82) is 0 Å². The molecule has 0 aliphatic heterocycles. The third kappa shape index (κ3) is 5.16. The molecule has 0 aliphatic carbocycles. The Morgan fingerprint density at radius 3 is 2.54 bits per heavy atom. The zero-order valence-electron chi connectivity index (χ0n) is 14.9. The largest absolute Gasteiger partial charge is 0.468 e. The Hall–Kier alpha value is -2.21. The summed E-state index contributed by atoms with van der Waals surface area (Å²) in [5.41, 5.74) is 0. The number of furan rings is 1. The fraction of sp³-hybridized carbons (Fsp3) is 0.500. The van der Waals surface area contributed by atoms with Gasteiger partial charge in [0.2, 0.25) is 0 Å². The highest BCUT2D eigenvalue weighted by Gasteiger charge is 2.20. The van der Waals surface area contributed by atoms with Crippen LogP contribution in [0.25, 0.3) is 0 Å². The second-order valence-electron chi connectivity index (χ2n) is 5.55. The first-order chi connectivity index (χ1) is 11.8. The van der Waals surface area contributed by atoms with Crippen LogP contribution in [-0.4, -0.2) is 48.7 Å². The van der Waals surface area contributed by atoms with E-state index >= 15 is 0 Å². The van der Waals surface area contributed by atoms with Gasteiger partial charge in [-0.25, -0.2) is 0 Å². The van der Waals surface area contributed by atoms with Gasteiger partial charge in [0, 0.05) is 39.1 Å². The smallest absolute Gasteiger partial charge is 0.191 e. The van der Waals surface area contributed by atoms with Crippen molar-refractivity contribution in [1.82, 2.24) is 20.1 Å². The van der Waals surface area contributed by atoms with E-state index in [2.05, 4.69) is 51.3 Å². The van der Waals surface area contributed by atoms with E-state index in [4.69, 9.17) is 4.42 Å². The second-order valence-corrected chi connectivity index (χ2v) is 5.55. The highest BCUT2D eigenvalue weighted by molar-refractivity contribution is 5.79. The number of hydrogen-bond donors (Lipinski definition) is 2.